The molecule has 3 heterocycles. The van der Waals surface area contributed by atoms with Crippen LogP contribution in [0.1, 0.15) is 65.7 Å². The first-order valence-corrected chi connectivity index (χ1v) is 11.4. The number of ether oxygens (including phenoxy) is 3. The number of fused-ring (bicyclic) bond motifs is 4. The Hall–Kier alpha value is -3.22. The molecule has 1 atom stereocenters. The Morgan fingerprint density at radius 1 is 1.09 bits per heavy atom. The lowest BCUT2D eigenvalue weighted by Gasteiger charge is -2.46. The van der Waals surface area contributed by atoms with E-state index in [1.807, 2.05) is 11.0 Å². The molecule has 2 amide bonds. The van der Waals surface area contributed by atoms with Crippen LogP contribution >= 0.6 is 0 Å². The molecule has 166 valence electrons. The Morgan fingerprint density at radius 3 is 2.62 bits per heavy atom. The van der Waals surface area contributed by atoms with Crippen LogP contribution in [0.15, 0.2) is 30.3 Å². The van der Waals surface area contributed by atoms with Crippen molar-refractivity contribution in [3.05, 3.63) is 52.6 Å². The van der Waals surface area contributed by atoms with Gasteiger partial charge in [0.2, 0.25) is 0 Å². The Balaban J connectivity index is 1.36. The molecule has 0 radical (unpaired) electrons. The molecule has 0 aromatic heterocycles. The molecule has 3 aliphatic heterocycles. The summed E-state index contributed by atoms with van der Waals surface area (Å²) < 4.78 is 16.9. The second-order valence-corrected chi connectivity index (χ2v) is 9.21. The van der Waals surface area contributed by atoms with E-state index in [9.17, 15) is 9.59 Å². The molecular formula is C25H26N2O5. The highest BCUT2D eigenvalue weighted by molar-refractivity contribution is 5.98. The monoisotopic (exact) mass is 434 g/mol. The maximum Gasteiger partial charge on any atom is 0.338 e. The minimum atomic E-state index is -0.340. The van der Waals surface area contributed by atoms with Crippen molar-refractivity contribution in [2.75, 3.05) is 25.1 Å². The normalized spacial score (nSPS) is 22.3. The molecular weight excluding hydrogens is 408 g/mol. The lowest BCUT2D eigenvalue weighted by atomic mass is 9.71. The van der Waals surface area contributed by atoms with Gasteiger partial charge in [-0.3, -0.25) is 0 Å². The highest BCUT2D eigenvalue weighted by atomic mass is 16.6. The van der Waals surface area contributed by atoms with Crippen molar-refractivity contribution >= 4 is 17.7 Å². The molecule has 2 aromatic carbocycles. The van der Waals surface area contributed by atoms with Gasteiger partial charge in [-0.25, -0.2) is 9.59 Å². The van der Waals surface area contributed by atoms with E-state index in [2.05, 4.69) is 24.4 Å². The van der Waals surface area contributed by atoms with E-state index in [4.69, 9.17) is 14.2 Å². The van der Waals surface area contributed by atoms with Crippen molar-refractivity contribution in [3.8, 4) is 11.5 Å². The van der Waals surface area contributed by atoms with Gasteiger partial charge in [-0.2, -0.15) is 0 Å². The van der Waals surface area contributed by atoms with Crippen LogP contribution in [0.4, 0.5) is 10.5 Å². The molecule has 1 fully saturated rings. The van der Waals surface area contributed by atoms with E-state index in [1.165, 1.54) is 5.56 Å². The van der Waals surface area contributed by atoms with E-state index in [0.29, 0.717) is 31.0 Å². The Kier molecular flexibility index (Phi) is 4.35. The number of carbonyl (C=O) groups excluding carboxylic acids is 2. The van der Waals surface area contributed by atoms with Gasteiger partial charge in [0.05, 0.1) is 11.6 Å². The zero-order chi connectivity index (χ0) is 21.9. The average molecular weight is 434 g/mol. The Bertz CT molecular complexity index is 1120. The summed E-state index contributed by atoms with van der Waals surface area (Å²) in [5.74, 6) is 1.23. The second-order valence-electron chi connectivity index (χ2n) is 9.21. The highest BCUT2D eigenvalue weighted by Crippen LogP contribution is 2.52. The molecule has 1 N–H and O–H groups in total. The van der Waals surface area contributed by atoms with Crippen LogP contribution in [0, 0.1) is 0 Å². The summed E-state index contributed by atoms with van der Waals surface area (Å²) in [4.78, 5) is 27.4. The first-order chi connectivity index (χ1) is 15.6. The van der Waals surface area contributed by atoms with Gasteiger partial charge in [-0.05, 0) is 55.2 Å². The molecule has 6 rings (SSSR count). The number of nitrogens with zero attached hydrogens (tertiary/aromatic N) is 1. The number of rotatable bonds is 1. The number of nitrogens with one attached hydrogen (secondary N) is 1. The van der Waals surface area contributed by atoms with Crippen LogP contribution in [0.2, 0.25) is 0 Å². The SMILES string of the molecule is CC1c2cc3c(cc2C2(CCCC2)CN1C(=O)Nc1cccc2c1COC2=O)OCCO3. The number of carbonyl (C=O) groups is 2. The molecule has 2 aromatic rings. The molecule has 1 saturated carbocycles. The largest absolute Gasteiger partial charge is 0.486 e. The van der Waals surface area contributed by atoms with Gasteiger partial charge in [-0.1, -0.05) is 18.9 Å². The molecule has 1 unspecified atom stereocenters. The number of benzene rings is 2. The summed E-state index contributed by atoms with van der Waals surface area (Å²) >= 11 is 0. The quantitative estimate of drug-likeness (QED) is 0.667. The molecule has 0 saturated heterocycles. The summed E-state index contributed by atoms with van der Waals surface area (Å²) in [6.45, 7) is 4.03. The first kappa shape index (κ1) is 19.5. The van der Waals surface area contributed by atoms with Crippen molar-refractivity contribution in [1.82, 2.24) is 4.90 Å². The lowest BCUT2D eigenvalue weighted by molar-refractivity contribution is 0.0535. The van der Waals surface area contributed by atoms with Gasteiger partial charge in [-0.15, -0.1) is 0 Å². The summed E-state index contributed by atoms with van der Waals surface area (Å²) in [5.41, 5.74) is 4.28. The third kappa shape index (κ3) is 2.87. The number of anilines is 1. The van der Waals surface area contributed by atoms with Crippen LogP contribution in [0.25, 0.3) is 0 Å². The Labute approximate surface area is 186 Å². The summed E-state index contributed by atoms with van der Waals surface area (Å²) in [7, 11) is 0. The highest BCUT2D eigenvalue weighted by Gasteiger charge is 2.46. The van der Waals surface area contributed by atoms with E-state index in [1.54, 1.807) is 12.1 Å². The van der Waals surface area contributed by atoms with E-state index >= 15 is 0 Å². The number of hydrogen-bond acceptors (Lipinski definition) is 5. The predicted octanol–water partition coefficient (Wildman–Crippen LogP) is 4.55. The van der Waals surface area contributed by atoms with Crippen LogP contribution in [0.3, 0.4) is 0 Å². The van der Waals surface area contributed by atoms with Crippen molar-refractivity contribution < 1.29 is 23.8 Å². The zero-order valence-electron chi connectivity index (χ0n) is 18.1. The molecule has 1 aliphatic carbocycles. The van der Waals surface area contributed by atoms with Crippen LogP contribution in [-0.4, -0.2) is 36.7 Å². The number of hydrogen-bond donors (Lipinski definition) is 1. The van der Waals surface area contributed by atoms with Crippen molar-refractivity contribution in [3.63, 3.8) is 0 Å². The minimum Gasteiger partial charge on any atom is -0.486 e. The van der Waals surface area contributed by atoms with Gasteiger partial charge in [0.1, 0.15) is 19.8 Å². The molecule has 7 heteroatoms. The molecule has 4 aliphatic rings. The molecule has 7 nitrogen and oxygen atoms in total. The average Bonchev–Trinajstić information content (AvgIpc) is 3.43. The number of cyclic esters (lactones) is 1. The number of urea groups is 1. The third-order valence-corrected chi connectivity index (χ3v) is 7.48. The maximum atomic E-state index is 13.5. The van der Waals surface area contributed by atoms with Crippen molar-refractivity contribution in [2.45, 2.75) is 50.7 Å². The van der Waals surface area contributed by atoms with E-state index in [0.717, 1.165) is 48.3 Å². The fourth-order valence-electron chi connectivity index (χ4n) is 5.81. The van der Waals surface area contributed by atoms with Gasteiger partial charge < -0.3 is 24.4 Å². The van der Waals surface area contributed by atoms with Crippen LogP contribution < -0.4 is 14.8 Å². The van der Waals surface area contributed by atoms with Gasteiger partial charge in [0.15, 0.2) is 11.5 Å². The second kappa shape index (κ2) is 7.15. The summed E-state index contributed by atoms with van der Waals surface area (Å²) in [6, 6.07) is 9.30. The lowest BCUT2D eigenvalue weighted by Crippen LogP contribution is -2.50. The molecule has 32 heavy (non-hydrogen) atoms. The maximum absolute atomic E-state index is 13.5. The molecule has 1 spiro atoms. The predicted molar refractivity (Wildman–Crippen MR) is 117 cm³/mol. The summed E-state index contributed by atoms with van der Waals surface area (Å²) in [5, 5.41) is 3.06. The Morgan fingerprint density at radius 2 is 1.84 bits per heavy atom. The van der Waals surface area contributed by atoms with Crippen LogP contribution in [0.5, 0.6) is 11.5 Å². The zero-order valence-corrected chi connectivity index (χ0v) is 18.1. The number of esters is 1. The fraction of sp³-hybridized carbons (Fsp3) is 0.440. The standard InChI is InChI=1S/C25H26N2O5/c1-15-17-11-21-22(31-10-9-30-21)12-19(17)25(7-2-3-8-25)14-27(15)24(29)26-20-6-4-5-16-18(20)13-32-23(16)28/h4-6,11-12,15H,2-3,7-10,13-14H2,1H3,(H,26,29). The van der Waals surface area contributed by atoms with Gasteiger partial charge in [0.25, 0.3) is 0 Å². The van der Waals surface area contributed by atoms with E-state index in [-0.39, 0.29) is 30.1 Å². The van der Waals surface area contributed by atoms with Crippen LogP contribution in [-0.2, 0) is 16.8 Å². The molecule has 0 bridgehead atoms. The minimum absolute atomic E-state index is 0.0628. The first-order valence-electron chi connectivity index (χ1n) is 11.4. The van der Waals surface area contributed by atoms with E-state index < -0.39 is 0 Å². The third-order valence-electron chi connectivity index (χ3n) is 7.48. The summed E-state index contributed by atoms with van der Waals surface area (Å²) in [6.07, 6.45) is 4.42. The van der Waals surface area contributed by atoms with Gasteiger partial charge in [0, 0.05) is 23.2 Å². The fourth-order valence-corrected chi connectivity index (χ4v) is 5.81. The van der Waals surface area contributed by atoms with Gasteiger partial charge >= 0.3 is 12.0 Å². The van der Waals surface area contributed by atoms with Crippen molar-refractivity contribution in [1.29, 1.82) is 0 Å². The topological polar surface area (TPSA) is 77.1 Å². The van der Waals surface area contributed by atoms with Crippen molar-refractivity contribution in [2.24, 2.45) is 0 Å². The number of amides is 2. The smallest absolute Gasteiger partial charge is 0.338 e.